The number of carboxylic acid groups (broad SMARTS) is 1. The molecule has 0 atom stereocenters. The summed E-state index contributed by atoms with van der Waals surface area (Å²) in [4.78, 5) is 14.2. The Hall–Kier alpha value is -2.58. The molecule has 0 unspecified atom stereocenters. The molecule has 2 aromatic rings. The Morgan fingerprint density at radius 3 is 1.96 bits per heavy atom. The van der Waals surface area contributed by atoms with Gasteiger partial charge >= 0.3 is 18.3 Å². The first kappa shape index (κ1) is 17.8. The molecule has 0 fully saturated rings. The number of rotatable bonds is 3. The predicted octanol–water partition coefficient (Wildman–Crippen LogP) is 4.41. The number of aliphatic carboxylic acids is 1. The number of carbonyl (C=O) groups is 1. The van der Waals surface area contributed by atoms with Crippen LogP contribution < -0.4 is 0 Å². The zero-order valence-corrected chi connectivity index (χ0v) is 11.7. The first-order valence-electron chi connectivity index (χ1n) is 6.45. The maximum absolute atomic E-state index is 12.8. The lowest BCUT2D eigenvalue weighted by molar-refractivity contribution is -0.141. The van der Waals surface area contributed by atoms with Crippen LogP contribution in [-0.2, 0) is 23.6 Å². The summed E-state index contributed by atoms with van der Waals surface area (Å²) in [6.07, 6.45) is -9.96. The van der Waals surface area contributed by atoms with E-state index < -0.39 is 36.0 Å². The molecule has 3 nitrogen and oxygen atoms in total. The van der Waals surface area contributed by atoms with Gasteiger partial charge in [-0.25, -0.2) is 4.98 Å². The number of carboxylic acids is 1. The highest BCUT2D eigenvalue weighted by molar-refractivity contribution is 5.75. The molecule has 0 radical (unpaired) electrons. The molecule has 0 spiro atoms. The smallest absolute Gasteiger partial charge is 0.433 e. The summed E-state index contributed by atoms with van der Waals surface area (Å²) < 4.78 is 76.0. The van der Waals surface area contributed by atoms with Gasteiger partial charge in [0.1, 0.15) is 5.69 Å². The van der Waals surface area contributed by atoms with Crippen molar-refractivity contribution in [3.8, 4) is 11.3 Å². The number of hydrogen-bond acceptors (Lipinski definition) is 2. The van der Waals surface area contributed by atoms with E-state index in [1.54, 1.807) is 0 Å². The van der Waals surface area contributed by atoms with Crippen LogP contribution in [0.3, 0.4) is 0 Å². The van der Waals surface area contributed by atoms with Gasteiger partial charge in [0.15, 0.2) is 0 Å². The number of alkyl halides is 6. The van der Waals surface area contributed by atoms with Crippen molar-refractivity contribution in [1.29, 1.82) is 0 Å². The zero-order chi connectivity index (χ0) is 18.1. The van der Waals surface area contributed by atoms with Gasteiger partial charge in [0.05, 0.1) is 17.7 Å². The van der Waals surface area contributed by atoms with Crippen LogP contribution in [0.5, 0.6) is 0 Å². The molecule has 24 heavy (non-hydrogen) atoms. The zero-order valence-electron chi connectivity index (χ0n) is 11.7. The summed E-state index contributed by atoms with van der Waals surface area (Å²) in [5.74, 6) is -1.30. The van der Waals surface area contributed by atoms with Crippen molar-refractivity contribution < 1.29 is 36.2 Å². The van der Waals surface area contributed by atoms with E-state index in [0.29, 0.717) is 18.2 Å². The quantitative estimate of drug-likeness (QED) is 0.835. The SMILES string of the molecule is O=C(O)Cc1ccc(C(F)(F)F)nc1-c1ccc(C(F)(F)F)cc1. The second-order valence-corrected chi connectivity index (χ2v) is 4.85. The van der Waals surface area contributed by atoms with Gasteiger partial charge in [0, 0.05) is 5.56 Å². The first-order chi connectivity index (χ1) is 11.0. The van der Waals surface area contributed by atoms with Gasteiger partial charge < -0.3 is 5.11 Å². The molecule has 0 amide bonds. The molecule has 0 saturated heterocycles. The van der Waals surface area contributed by atoms with E-state index in [2.05, 4.69) is 4.98 Å². The molecule has 0 aliphatic rings. The van der Waals surface area contributed by atoms with Crippen LogP contribution in [0.1, 0.15) is 16.8 Å². The van der Waals surface area contributed by atoms with Crippen LogP contribution in [0.4, 0.5) is 26.3 Å². The van der Waals surface area contributed by atoms with Gasteiger partial charge in [-0.2, -0.15) is 26.3 Å². The molecule has 0 bridgehead atoms. The van der Waals surface area contributed by atoms with Gasteiger partial charge in [-0.05, 0) is 23.8 Å². The van der Waals surface area contributed by atoms with Crippen molar-refractivity contribution in [3.05, 3.63) is 53.2 Å². The number of aromatic nitrogens is 1. The van der Waals surface area contributed by atoms with Crippen LogP contribution in [0.25, 0.3) is 11.3 Å². The second kappa shape index (κ2) is 6.14. The highest BCUT2D eigenvalue weighted by Crippen LogP contribution is 2.33. The maximum Gasteiger partial charge on any atom is 0.433 e. The fraction of sp³-hybridized carbons (Fsp3) is 0.200. The summed E-state index contributed by atoms with van der Waals surface area (Å²) in [6.45, 7) is 0. The van der Waals surface area contributed by atoms with Gasteiger partial charge in [-0.15, -0.1) is 0 Å². The Morgan fingerprint density at radius 1 is 0.917 bits per heavy atom. The second-order valence-electron chi connectivity index (χ2n) is 4.85. The molecule has 1 heterocycles. The van der Waals surface area contributed by atoms with Gasteiger partial charge in [0.2, 0.25) is 0 Å². The summed E-state index contributed by atoms with van der Waals surface area (Å²) in [5, 5.41) is 8.82. The highest BCUT2D eigenvalue weighted by atomic mass is 19.4. The van der Waals surface area contributed by atoms with Gasteiger partial charge in [0.25, 0.3) is 0 Å². The Morgan fingerprint density at radius 2 is 1.50 bits per heavy atom. The molecule has 9 heteroatoms. The summed E-state index contributed by atoms with van der Waals surface area (Å²) in [6, 6.07) is 4.89. The molecule has 0 aliphatic carbocycles. The topological polar surface area (TPSA) is 50.2 Å². The van der Waals surface area contributed by atoms with Crippen LogP contribution in [0.2, 0.25) is 0 Å². The number of nitrogens with zero attached hydrogens (tertiary/aromatic N) is 1. The minimum atomic E-state index is -4.76. The number of pyridine rings is 1. The first-order valence-corrected chi connectivity index (χ1v) is 6.45. The lowest BCUT2D eigenvalue weighted by Gasteiger charge is -2.13. The standard InChI is InChI=1S/C15H9F6NO2/c16-14(17,18)10-4-1-8(2-5-10)13-9(7-12(23)24)3-6-11(22-13)15(19,20)21/h1-6H,7H2,(H,23,24). The van der Waals surface area contributed by atoms with E-state index in [0.717, 1.165) is 18.2 Å². The molecular weight excluding hydrogens is 340 g/mol. The molecule has 1 N–H and O–H groups in total. The fourth-order valence-corrected chi connectivity index (χ4v) is 2.02. The number of halogens is 6. The maximum atomic E-state index is 12.8. The Bertz CT molecular complexity index is 750. The van der Waals surface area contributed by atoms with Gasteiger partial charge in [-0.1, -0.05) is 18.2 Å². The highest BCUT2D eigenvalue weighted by Gasteiger charge is 2.33. The molecule has 1 aromatic heterocycles. The van der Waals surface area contributed by atoms with Crippen molar-refractivity contribution in [2.45, 2.75) is 18.8 Å². The third kappa shape index (κ3) is 4.03. The average molecular weight is 349 g/mol. The minimum Gasteiger partial charge on any atom is -0.481 e. The number of hydrogen-bond donors (Lipinski definition) is 1. The summed E-state index contributed by atoms with van der Waals surface area (Å²) in [5.41, 5.74) is -2.62. The molecule has 1 aromatic carbocycles. The largest absolute Gasteiger partial charge is 0.481 e. The van der Waals surface area contributed by atoms with E-state index in [1.165, 1.54) is 0 Å². The van der Waals surface area contributed by atoms with E-state index >= 15 is 0 Å². The van der Waals surface area contributed by atoms with Crippen LogP contribution in [0.15, 0.2) is 36.4 Å². The predicted molar refractivity (Wildman–Crippen MR) is 71.0 cm³/mol. The fourth-order valence-electron chi connectivity index (χ4n) is 2.02. The molecule has 0 saturated carbocycles. The van der Waals surface area contributed by atoms with E-state index in [-0.39, 0.29) is 16.8 Å². The monoisotopic (exact) mass is 349 g/mol. The Kier molecular flexibility index (Phi) is 4.54. The Labute approximate surface area is 131 Å². The van der Waals surface area contributed by atoms with Gasteiger partial charge in [-0.3, -0.25) is 4.79 Å². The summed E-state index contributed by atoms with van der Waals surface area (Å²) >= 11 is 0. The molecule has 0 aliphatic heterocycles. The van der Waals surface area contributed by atoms with Crippen molar-refractivity contribution in [2.75, 3.05) is 0 Å². The van der Waals surface area contributed by atoms with Crippen LogP contribution >= 0.6 is 0 Å². The molecular formula is C15H9F6NO2. The third-order valence-corrected chi connectivity index (χ3v) is 3.10. The number of benzene rings is 1. The molecule has 128 valence electrons. The van der Waals surface area contributed by atoms with Crippen molar-refractivity contribution >= 4 is 5.97 Å². The lowest BCUT2D eigenvalue weighted by Crippen LogP contribution is -2.11. The van der Waals surface area contributed by atoms with Crippen molar-refractivity contribution in [1.82, 2.24) is 4.98 Å². The van der Waals surface area contributed by atoms with Crippen LogP contribution in [0, 0.1) is 0 Å². The molecule has 2 rings (SSSR count). The third-order valence-electron chi connectivity index (χ3n) is 3.10. The van der Waals surface area contributed by atoms with E-state index in [1.807, 2.05) is 0 Å². The normalized spacial score (nSPS) is 12.2. The van der Waals surface area contributed by atoms with Crippen molar-refractivity contribution in [2.24, 2.45) is 0 Å². The average Bonchev–Trinajstić information content (AvgIpc) is 2.45. The lowest BCUT2D eigenvalue weighted by atomic mass is 10.0. The van der Waals surface area contributed by atoms with E-state index in [9.17, 15) is 31.1 Å². The Balaban J connectivity index is 2.55. The minimum absolute atomic E-state index is 0.0322. The van der Waals surface area contributed by atoms with Crippen LogP contribution in [-0.4, -0.2) is 16.1 Å². The van der Waals surface area contributed by atoms with E-state index in [4.69, 9.17) is 5.11 Å². The van der Waals surface area contributed by atoms with Crippen molar-refractivity contribution in [3.63, 3.8) is 0 Å². The summed E-state index contributed by atoms with van der Waals surface area (Å²) in [7, 11) is 0.